The van der Waals surface area contributed by atoms with E-state index in [0.717, 1.165) is 11.1 Å². The van der Waals surface area contributed by atoms with E-state index in [9.17, 15) is 14.7 Å². The molecule has 0 radical (unpaired) electrons. The number of fused-ring (bicyclic) bond motifs is 1. The van der Waals surface area contributed by atoms with Gasteiger partial charge in [0.25, 0.3) is 5.91 Å². The van der Waals surface area contributed by atoms with Crippen LogP contribution in [0.15, 0.2) is 54.4 Å². The molecule has 0 aliphatic carbocycles. The Hall–Kier alpha value is -3.94. The van der Waals surface area contributed by atoms with Gasteiger partial charge < -0.3 is 26.3 Å². The Labute approximate surface area is 168 Å². The van der Waals surface area contributed by atoms with Gasteiger partial charge in [-0.2, -0.15) is 0 Å². The van der Waals surface area contributed by atoms with Gasteiger partial charge in [-0.15, -0.1) is 0 Å². The lowest BCUT2D eigenvalue weighted by atomic mass is 9.93. The fourth-order valence-corrected chi connectivity index (χ4v) is 2.77. The highest BCUT2D eigenvalue weighted by Gasteiger charge is 2.29. The zero-order valence-electron chi connectivity index (χ0n) is 16.1. The van der Waals surface area contributed by atoms with Crippen molar-refractivity contribution < 1.29 is 19.8 Å². The van der Waals surface area contributed by atoms with Gasteiger partial charge in [-0.05, 0) is 37.3 Å². The summed E-state index contributed by atoms with van der Waals surface area (Å²) >= 11 is 0. The zero-order valence-corrected chi connectivity index (χ0v) is 16.1. The van der Waals surface area contributed by atoms with Gasteiger partial charge in [-0.1, -0.05) is 36.4 Å². The first kappa shape index (κ1) is 21.4. The topological polar surface area (TPSA) is 135 Å². The van der Waals surface area contributed by atoms with Crippen LogP contribution in [0, 0.1) is 5.41 Å². The molecule has 0 bridgehead atoms. The monoisotopic (exact) mass is 394 g/mol. The molecule has 2 aromatic rings. The van der Waals surface area contributed by atoms with E-state index in [2.05, 4.69) is 15.6 Å². The highest BCUT2D eigenvalue weighted by molar-refractivity contribution is 6.05. The lowest BCUT2D eigenvalue weighted by Crippen LogP contribution is -2.37. The minimum Gasteiger partial charge on any atom is -0.504 e. The van der Waals surface area contributed by atoms with Crippen LogP contribution in [0.1, 0.15) is 25.1 Å². The average Bonchev–Trinajstić information content (AvgIpc) is 2.73. The van der Waals surface area contributed by atoms with Crippen molar-refractivity contribution in [2.45, 2.75) is 13.8 Å². The third-order valence-corrected chi connectivity index (χ3v) is 3.94. The number of nitrogens with zero attached hydrogens (tertiary/aromatic N) is 1. The molecule has 8 nitrogen and oxygen atoms in total. The molecule has 0 saturated carbocycles. The fourth-order valence-electron chi connectivity index (χ4n) is 2.77. The van der Waals surface area contributed by atoms with E-state index < -0.39 is 18.4 Å². The lowest BCUT2D eigenvalue weighted by molar-refractivity contribution is -0.137. The molecule has 1 aliphatic heterocycles. The number of benzene rings is 1. The van der Waals surface area contributed by atoms with E-state index in [1.54, 1.807) is 26.1 Å². The predicted octanol–water partition coefficient (Wildman–Crippen LogP) is 2.80. The summed E-state index contributed by atoms with van der Waals surface area (Å²) in [4.78, 5) is 27.1. The number of allylic oxidation sites excluding steroid dienone is 1. The molecule has 2 heterocycles. The maximum absolute atomic E-state index is 12.2. The standard InChI is InChI=1S/C19H17N3O4.C2H5N/c1-2-13-15-12(11-6-4-3-5-7-11)8-9-20-16(15)18(25)17(22-13)19(26)21-10-14(23)24;1-2-3/h2-9,22,25H,10H2,1H3,(H,21,26)(H,23,24);2-3H,1H3/b13-2+;. The number of hydrogen-bond donors (Lipinski definition) is 5. The SMILES string of the molecule is C/C=C1/NC(C(=O)NCC(=O)O)=C(O)c2nccc(-c3ccccc3)c21.CC=N. The molecule has 0 fully saturated rings. The molecule has 0 spiro atoms. The number of carboxylic acid groups (broad SMARTS) is 1. The van der Waals surface area contributed by atoms with Crippen molar-refractivity contribution in [2.24, 2.45) is 0 Å². The largest absolute Gasteiger partial charge is 0.504 e. The highest BCUT2D eigenvalue weighted by Crippen LogP contribution is 2.36. The molecule has 1 amide bonds. The van der Waals surface area contributed by atoms with Gasteiger partial charge in [0.05, 0.1) is 0 Å². The second kappa shape index (κ2) is 9.84. The summed E-state index contributed by atoms with van der Waals surface area (Å²) in [5.41, 5.74) is 3.20. The molecule has 1 aromatic carbocycles. The minimum absolute atomic E-state index is 0.135. The summed E-state index contributed by atoms with van der Waals surface area (Å²) in [5.74, 6) is -2.22. The molecule has 1 aliphatic rings. The number of aromatic nitrogens is 1. The van der Waals surface area contributed by atoms with Crippen LogP contribution in [0.4, 0.5) is 0 Å². The summed E-state index contributed by atoms with van der Waals surface area (Å²) in [7, 11) is 0. The molecule has 0 unspecified atom stereocenters. The summed E-state index contributed by atoms with van der Waals surface area (Å²) in [6.07, 6.45) is 4.58. The number of aliphatic hydroxyl groups is 1. The number of carbonyl (C=O) groups excluding carboxylic acids is 1. The third-order valence-electron chi connectivity index (χ3n) is 3.94. The maximum atomic E-state index is 12.2. The van der Waals surface area contributed by atoms with E-state index in [0.29, 0.717) is 11.3 Å². The lowest BCUT2D eigenvalue weighted by Gasteiger charge is -2.25. The normalized spacial score (nSPS) is 13.5. The van der Waals surface area contributed by atoms with Crippen LogP contribution in [0.2, 0.25) is 0 Å². The maximum Gasteiger partial charge on any atom is 0.322 e. The van der Waals surface area contributed by atoms with Crippen molar-refractivity contribution >= 4 is 29.5 Å². The Morgan fingerprint density at radius 2 is 1.86 bits per heavy atom. The van der Waals surface area contributed by atoms with Crippen molar-refractivity contribution in [1.29, 1.82) is 5.41 Å². The Balaban J connectivity index is 0.000000941. The van der Waals surface area contributed by atoms with E-state index in [-0.39, 0.29) is 17.2 Å². The van der Waals surface area contributed by atoms with Crippen molar-refractivity contribution in [3.05, 3.63) is 65.6 Å². The van der Waals surface area contributed by atoms with Gasteiger partial charge >= 0.3 is 5.97 Å². The van der Waals surface area contributed by atoms with E-state index in [1.807, 2.05) is 36.4 Å². The average molecular weight is 394 g/mol. The van der Waals surface area contributed by atoms with E-state index >= 15 is 0 Å². The summed E-state index contributed by atoms with van der Waals surface area (Å²) < 4.78 is 0. The smallest absolute Gasteiger partial charge is 0.322 e. The number of pyridine rings is 1. The van der Waals surface area contributed by atoms with Crippen LogP contribution in [0.3, 0.4) is 0 Å². The minimum atomic E-state index is -1.18. The Kier molecular flexibility index (Phi) is 7.25. The van der Waals surface area contributed by atoms with Gasteiger partial charge in [-0.3, -0.25) is 14.6 Å². The Morgan fingerprint density at radius 3 is 2.45 bits per heavy atom. The summed E-state index contributed by atoms with van der Waals surface area (Å²) in [6.45, 7) is 2.91. The van der Waals surface area contributed by atoms with Gasteiger partial charge in [0.1, 0.15) is 17.9 Å². The van der Waals surface area contributed by atoms with Crippen molar-refractivity contribution in [3.63, 3.8) is 0 Å². The molecular formula is C21H22N4O4. The van der Waals surface area contributed by atoms with Crippen LogP contribution in [-0.2, 0) is 9.59 Å². The second-order valence-corrected chi connectivity index (χ2v) is 5.86. The van der Waals surface area contributed by atoms with Crippen LogP contribution >= 0.6 is 0 Å². The molecule has 5 N–H and O–H groups in total. The first-order valence-corrected chi connectivity index (χ1v) is 8.81. The number of carboxylic acids is 1. The Morgan fingerprint density at radius 1 is 1.21 bits per heavy atom. The van der Waals surface area contributed by atoms with Gasteiger partial charge in [0.2, 0.25) is 0 Å². The molecule has 150 valence electrons. The van der Waals surface area contributed by atoms with Gasteiger partial charge in [-0.25, -0.2) is 0 Å². The highest BCUT2D eigenvalue weighted by atomic mass is 16.4. The zero-order chi connectivity index (χ0) is 21.4. The van der Waals surface area contributed by atoms with Gasteiger partial charge in [0.15, 0.2) is 5.76 Å². The van der Waals surface area contributed by atoms with Crippen molar-refractivity contribution in [2.75, 3.05) is 6.54 Å². The van der Waals surface area contributed by atoms with Crippen molar-refractivity contribution in [1.82, 2.24) is 15.6 Å². The first-order valence-electron chi connectivity index (χ1n) is 8.81. The number of rotatable bonds is 4. The van der Waals surface area contributed by atoms with E-state index in [1.165, 1.54) is 6.21 Å². The number of carbonyl (C=O) groups is 2. The van der Waals surface area contributed by atoms with Crippen LogP contribution < -0.4 is 10.6 Å². The molecular weight excluding hydrogens is 372 g/mol. The quantitative estimate of drug-likeness (QED) is 0.506. The molecule has 0 saturated heterocycles. The van der Waals surface area contributed by atoms with Gasteiger partial charge in [0, 0.05) is 17.5 Å². The van der Waals surface area contributed by atoms with E-state index in [4.69, 9.17) is 10.5 Å². The number of nitrogens with one attached hydrogen (secondary N) is 3. The molecule has 1 aromatic heterocycles. The van der Waals surface area contributed by atoms with Crippen LogP contribution in [-0.4, -0.2) is 39.8 Å². The van der Waals surface area contributed by atoms with Crippen LogP contribution in [0.25, 0.3) is 22.6 Å². The Bertz CT molecular complexity index is 981. The molecule has 29 heavy (non-hydrogen) atoms. The number of aliphatic carboxylic acids is 1. The molecule has 3 rings (SSSR count). The van der Waals surface area contributed by atoms with Crippen LogP contribution in [0.5, 0.6) is 0 Å². The molecule has 0 atom stereocenters. The van der Waals surface area contributed by atoms with Crippen molar-refractivity contribution in [3.8, 4) is 11.1 Å². The predicted molar refractivity (Wildman–Crippen MR) is 111 cm³/mol. The summed E-state index contributed by atoms with van der Waals surface area (Å²) in [5, 5.41) is 30.5. The molecule has 8 heteroatoms. The second-order valence-electron chi connectivity index (χ2n) is 5.86. The summed E-state index contributed by atoms with van der Waals surface area (Å²) in [6, 6.07) is 11.5. The first-order chi connectivity index (χ1) is 13.9. The number of aliphatic hydroxyl groups excluding tert-OH is 1. The number of hydrogen-bond acceptors (Lipinski definition) is 6. The third kappa shape index (κ3) is 4.86. The number of amides is 1. The fraction of sp³-hybridized carbons (Fsp3) is 0.143.